The van der Waals surface area contributed by atoms with Crippen LogP contribution in [0, 0.1) is 0 Å². The molecule has 2 aromatic carbocycles. The van der Waals surface area contributed by atoms with Crippen LogP contribution in [-0.4, -0.2) is 14.5 Å². The standard InChI is InChI=1S/C16H12N2OS/c19-10-11-6-7-14-15(8-11)20-16-17-13(9-18(14)16)12-4-2-1-3-5-12/h1-9,19H,10H2. The molecule has 0 radical (unpaired) electrons. The van der Waals surface area contributed by atoms with Crippen molar-refractivity contribution in [2.24, 2.45) is 0 Å². The van der Waals surface area contributed by atoms with Crippen molar-refractivity contribution in [1.82, 2.24) is 9.38 Å². The second-order valence-electron chi connectivity index (χ2n) is 4.71. The Labute approximate surface area is 119 Å². The molecule has 0 atom stereocenters. The quantitative estimate of drug-likeness (QED) is 0.608. The van der Waals surface area contributed by atoms with Crippen LogP contribution in [0.15, 0.2) is 54.7 Å². The Kier molecular flexibility index (Phi) is 2.58. The van der Waals surface area contributed by atoms with Gasteiger partial charge in [-0.25, -0.2) is 4.98 Å². The number of hydrogen-bond acceptors (Lipinski definition) is 3. The lowest BCUT2D eigenvalue weighted by atomic mass is 10.2. The summed E-state index contributed by atoms with van der Waals surface area (Å²) in [5.41, 5.74) is 4.19. The molecule has 4 rings (SSSR count). The molecule has 0 saturated carbocycles. The van der Waals surface area contributed by atoms with Crippen LogP contribution in [0.4, 0.5) is 0 Å². The lowest BCUT2D eigenvalue weighted by Crippen LogP contribution is -1.82. The summed E-state index contributed by atoms with van der Waals surface area (Å²) < 4.78 is 3.27. The first-order chi connectivity index (χ1) is 9.85. The van der Waals surface area contributed by atoms with Crippen molar-refractivity contribution in [2.75, 3.05) is 0 Å². The van der Waals surface area contributed by atoms with Crippen LogP contribution in [0.25, 0.3) is 26.4 Å². The van der Waals surface area contributed by atoms with Crippen molar-refractivity contribution in [3.8, 4) is 11.3 Å². The second-order valence-corrected chi connectivity index (χ2v) is 5.72. The molecular weight excluding hydrogens is 268 g/mol. The van der Waals surface area contributed by atoms with E-state index in [2.05, 4.69) is 22.7 Å². The van der Waals surface area contributed by atoms with Gasteiger partial charge >= 0.3 is 0 Å². The van der Waals surface area contributed by atoms with E-state index in [1.807, 2.05) is 36.4 Å². The predicted octanol–water partition coefficient (Wildman–Crippen LogP) is 3.71. The summed E-state index contributed by atoms with van der Waals surface area (Å²) in [6.45, 7) is 0.0748. The zero-order valence-corrected chi connectivity index (χ0v) is 11.5. The van der Waals surface area contributed by atoms with Crippen molar-refractivity contribution in [3.63, 3.8) is 0 Å². The minimum atomic E-state index is 0.0748. The summed E-state index contributed by atoms with van der Waals surface area (Å²) in [6.07, 6.45) is 2.07. The second kappa shape index (κ2) is 4.44. The summed E-state index contributed by atoms with van der Waals surface area (Å²) in [6, 6.07) is 16.2. The summed E-state index contributed by atoms with van der Waals surface area (Å²) in [5, 5.41) is 9.20. The maximum absolute atomic E-state index is 9.20. The molecule has 0 aliphatic rings. The molecule has 0 aliphatic heterocycles. The van der Waals surface area contributed by atoms with Gasteiger partial charge in [-0.1, -0.05) is 47.7 Å². The SMILES string of the molecule is OCc1ccc2c(c1)sc1nc(-c3ccccc3)cn12. The van der Waals surface area contributed by atoms with E-state index in [1.54, 1.807) is 11.3 Å². The molecule has 20 heavy (non-hydrogen) atoms. The number of thiazole rings is 1. The van der Waals surface area contributed by atoms with Gasteiger partial charge in [0.25, 0.3) is 0 Å². The number of aromatic nitrogens is 2. The molecule has 0 amide bonds. The van der Waals surface area contributed by atoms with Gasteiger partial charge in [0.1, 0.15) is 0 Å². The molecule has 0 spiro atoms. The van der Waals surface area contributed by atoms with E-state index in [4.69, 9.17) is 4.98 Å². The van der Waals surface area contributed by atoms with Gasteiger partial charge in [0, 0.05) is 11.8 Å². The molecule has 4 aromatic rings. The van der Waals surface area contributed by atoms with Gasteiger partial charge in [0.15, 0.2) is 4.96 Å². The lowest BCUT2D eigenvalue weighted by molar-refractivity contribution is 0.282. The highest BCUT2D eigenvalue weighted by atomic mass is 32.1. The predicted molar refractivity (Wildman–Crippen MR) is 81.9 cm³/mol. The van der Waals surface area contributed by atoms with Crippen LogP contribution < -0.4 is 0 Å². The van der Waals surface area contributed by atoms with Crippen molar-refractivity contribution in [2.45, 2.75) is 6.61 Å². The number of rotatable bonds is 2. The van der Waals surface area contributed by atoms with E-state index in [0.29, 0.717) is 0 Å². The van der Waals surface area contributed by atoms with E-state index in [1.165, 1.54) is 0 Å². The number of aliphatic hydroxyl groups excluding tert-OH is 1. The molecule has 0 aliphatic carbocycles. The largest absolute Gasteiger partial charge is 0.392 e. The fourth-order valence-corrected chi connectivity index (χ4v) is 3.46. The lowest BCUT2D eigenvalue weighted by Gasteiger charge is -1.96. The van der Waals surface area contributed by atoms with Crippen LogP contribution in [0.1, 0.15) is 5.56 Å². The van der Waals surface area contributed by atoms with Gasteiger partial charge in [0.05, 0.1) is 22.5 Å². The number of aliphatic hydroxyl groups is 1. The van der Waals surface area contributed by atoms with Crippen LogP contribution in [0.3, 0.4) is 0 Å². The molecule has 3 nitrogen and oxygen atoms in total. The van der Waals surface area contributed by atoms with Crippen LogP contribution in [0.2, 0.25) is 0 Å². The highest BCUT2D eigenvalue weighted by molar-refractivity contribution is 7.23. The highest BCUT2D eigenvalue weighted by Crippen LogP contribution is 2.30. The van der Waals surface area contributed by atoms with Gasteiger partial charge in [-0.3, -0.25) is 4.40 Å². The molecule has 0 unspecified atom stereocenters. The Balaban J connectivity index is 1.93. The van der Waals surface area contributed by atoms with Crippen molar-refractivity contribution < 1.29 is 5.11 Å². The van der Waals surface area contributed by atoms with Crippen molar-refractivity contribution in [3.05, 3.63) is 60.3 Å². The smallest absolute Gasteiger partial charge is 0.195 e. The van der Waals surface area contributed by atoms with E-state index in [-0.39, 0.29) is 6.61 Å². The molecule has 0 saturated heterocycles. The first-order valence-electron chi connectivity index (χ1n) is 6.42. The zero-order valence-electron chi connectivity index (χ0n) is 10.7. The third kappa shape index (κ3) is 1.73. The third-order valence-corrected chi connectivity index (χ3v) is 4.43. The molecule has 0 bridgehead atoms. The molecule has 4 heteroatoms. The minimum Gasteiger partial charge on any atom is -0.392 e. The number of hydrogen-bond donors (Lipinski definition) is 1. The molecular formula is C16H12N2OS. The van der Waals surface area contributed by atoms with E-state index < -0.39 is 0 Å². The fourth-order valence-electron chi connectivity index (χ4n) is 2.39. The van der Waals surface area contributed by atoms with Gasteiger partial charge in [0.2, 0.25) is 0 Å². The van der Waals surface area contributed by atoms with Gasteiger partial charge < -0.3 is 5.11 Å². The topological polar surface area (TPSA) is 37.5 Å². The van der Waals surface area contributed by atoms with Crippen LogP contribution in [-0.2, 0) is 6.61 Å². The first-order valence-corrected chi connectivity index (χ1v) is 7.23. The average molecular weight is 280 g/mol. The highest BCUT2D eigenvalue weighted by Gasteiger charge is 2.10. The number of fused-ring (bicyclic) bond motifs is 3. The Bertz CT molecular complexity index is 893. The molecule has 1 N–H and O–H groups in total. The fraction of sp³-hybridized carbons (Fsp3) is 0.0625. The Morgan fingerprint density at radius 1 is 1.10 bits per heavy atom. The van der Waals surface area contributed by atoms with E-state index in [9.17, 15) is 5.11 Å². The molecule has 2 aromatic heterocycles. The summed E-state index contributed by atoms with van der Waals surface area (Å²) >= 11 is 1.65. The Morgan fingerprint density at radius 3 is 2.75 bits per heavy atom. The number of benzene rings is 2. The van der Waals surface area contributed by atoms with Gasteiger partial charge in [-0.2, -0.15) is 0 Å². The Hall–Kier alpha value is -2.17. The first kappa shape index (κ1) is 11.6. The molecule has 98 valence electrons. The Morgan fingerprint density at radius 2 is 1.95 bits per heavy atom. The van der Waals surface area contributed by atoms with Gasteiger partial charge in [-0.15, -0.1) is 0 Å². The maximum atomic E-state index is 9.20. The van der Waals surface area contributed by atoms with Crippen LogP contribution in [0.5, 0.6) is 0 Å². The summed E-state index contributed by atoms with van der Waals surface area (Å²) in [7, 11) is 0. The molecule has 0 fully saturated rings. The normalized spacial score (nSPS) is 11.4. The number of imidazole rings is 1. The maximum Gasteiger partial charge on any atom is 0.195 e. The average Bonchev–Trinajstić information content (AvgIpc) is 3.05. The minimum absolute atomic E-state index is 0.0748. The number of nitrogens with zero attached hydrogens (tertiary/aromatic N) is 2. The van der Waals surface area contributed by atoms with Crippen molar-refractivity contribution in [1.29, 1.82) is 0 Å². The third-order valence-electron chi connectivity index (χ3n) is 3.41. The van der Waals surface area contributed by atoms with E-state index >= 15 is 0 Å². The summed E-state index contributed by atoms with van der Waals surface area (Å²) in [4.78, 5) is 5.68. The molecule has 2 heterocycles. The monoisotopic (exact) mass is 280 g/mol. The van der Waals surface area contributed by atoms with Crippen molar-refractivity contribution >= 4 is 26.5 Å². The zero-order chi connectivity index (χ0) is 13.5. The van der Waals surface area contributed by atoms with Gasteiger partial charge in [-0.05, 0) is 17.7 Å². The van der Waals surface area contributed by atoms with Crippen LogP contribution >= 0.6 is 11.3 Å². The summed E-state index contributed by atoms with van der Waals surface area (Å²) in [5.74, 6) is 0. The van der Waals surface area contributed by atoms with E-state index in [0.717, 1.165) is 32.0 Å².